The molecule has 1 aliphatic heterocycles. The zero-order chi connectivity index (χ0) is 10.6. The molecule has 0 atom stereocenters. The van der Waals surface area contributed by atoms with E-state index in [0.717, 1.165) is 25.9 Å². The van der Waals surface area contributed by atoms with Crippen molar-refractivity contribution in [1.82, 2.24) is 4.90 Å². The zero-order valence-corrected chi connectivity index (χ0v) is 9.25. The summed E-state index contributed by atoms with van der Waals surface area (Å²) in [6.45, 7) is 6.41. The van der Waals surface area contributed by atoms with Gasteiger partial charge in [-0.3, -0.25) is 4.90 Å². The third-order valence-corrected chi connectivity index (χ3v) is 2.60. The Balaban J connectivity index is 2.55. The lowest BCUT2D eigenvalue weighted by Crippen LogP contribution is -2.36. The van der Waals surface area contributed by atoms with Crippen LogP contribution in [0.25, 0.3) is 0 Å². The quantitative estimate of drug-likeness (QED) is 0.497. The van der Waals surface area contributed by atoms with Gasteiger partial charge in [-0.05, 0) is 38.8 Å². The minimum absolute atomic E-state index is 0.231. The molecule has 0 spiro atoms. The Hall–Kier alpha value is -0.830. The molecule has 1 aliphatic rings. The number of carbonyl (C=O) groups excluding carboxylic acids is 1. The molecule has 1 rings (SSSR count). The van der Waals surface area contributed by atoms with E-state index in [2.05, 4.69) is 23.5 Å². The standard InChI is InChI=1S/C11H19NO2/c1-9(2)12-6-4-5-10(8-12)7-11(13)14-3/h7,9H,4-6,8H2,1-3H3/b10-7+. The molecule has 0 aromatic carbocycles. The Morgan fingerprint density at radius 3 is 2.86 bits per heavy atom. The van der Waals surface area contributed by atoms with Gasteiger partial charge in [0.2, 0.25) is 0 Å². The van der Waals surface area contributed by atoms with Crippen molar-refractivity contribution in [3.8, 4) is 0 Å². The Kier molecular flexibility index (Phi) is 4.14. The van der Waals surface area contributed by atoms with Crippen LogP contribution in [-0.2, 0) is 9.53 Å². The molecule has 1 heterocycles. The van der Waals surface area contributed by atoms with Gasteiger partial charge in [-0.2, -0.15) is 0 Å². The summed E-state index contributed by atoms with van der Waals surface area (Å²) < 4.78 is 4.61. The molecular formula is C11H19NO2. The summed E-state index contributed by atoms with van der Waals surface area (Å²) in [5, 5.41) is 0. The van der Waals surface area contributed by atoms with E-state index in [-0.39, 0.29) is 5.97 Å². The number of rotatable bonds is 2. The van der Waals surface area contributed by atoms with Crippen LogP contribution in [0.1, 0.15) is 26.7 Å². The fourth-order valence-corrected chi connectivity index (χ4v) is 1.71. The van der Waals surface area contributed by atoms with Crippen molar-refractivity contribution in [1.29, 1.82) is 0 Å². The number of hydrogen-bond donors (Lipinski definition) is 0. The molecule has 0 aromatic heterocycles. The van der Waals surface area contributed by atoms with E-state index in [1.807, 2.05) is 0 Å². The topological polar surface area (TPSA) is 29.5 Å². The fourth-order valence-electron chi connectivity index (χ4n) is 1.71. The van der Waals surface area contributed by atoms with Crippen LogP contribution < -0.4 is 0 Å². The van der Waals surface area contributed by atoms with Crippen molar-refractivity contribution in [2.45, 2.75) is 32.7 Å². The van der Waals surface area contributed by atoms with E-state index < -0.39 is 0 Å². The van der Waals surface area contributed by atoms with Gasteiger partial charge in [0, 0.05) is 18.7 Å². The smallest absolute Gasteiger partial charge is 0.330 e. The Bertz CT molecular complexity index is 233. The number of likely N-dealkylation sites (tertiary alicyclic amines) is 1. The van der Waals surface area contributed by atoms with E-state index in [9.17, 15) is 4.79 Å². The third kappa shape index (κ3) is 3.14. The highest BCUT2D eigenvalue weighted by molar-refractivity contribution is 5.82. The van der Waals surface area contributed by atoms with Crippen LogP contribution >= 0.6 is 0 Å². The predicted octanol–water partition coefficient (Wildman–Crippen LogP) is 1.59. The molecule has 0 unspecified atom stereocenters. The molecule has 0 aliphatic carbocycles. The maximum absolute atomic E-state index is 11.0. The van der Waals surface area contributed by atoms with E-state index in [4.69, 9.17) is 0 Å². The first-order valence-corrected chi connectivity index (χ1v) is 5.15. The zero-order valence-electron chi connectivity index (χ0n) is 9.25. The second-order valence-electron chi connectivity index (χ2n) is 3.99. The SMILES string of the molecule is COC(=O)/C=C1\CCCN(C(C)C)C1. The van der Waals surface area contributed by atoms with Crippen molar-refractivity contribution in [3.63, 3.8) is 0 Å². The minimum Gasteiger partial charge on any atom is -0.466 e. The van der Waals surface area contributed by atoms with Crippen LogP contribution in [0, 0.1) is 0 Å². The molecular weight excluding hydrogens is 178 g/mol. The lowest BCUT2D eigenvalue weighted by Gasteiger charge is -2.31. The largest absolute Gasteiger partial charge is 0.466 e. The van der Waals surface area contributed by atoms with E-state index in [1.165, 1.54) is 12.7 Å². The van der Waals surface area contributed by atoms with Gasteiger partial charge in [-0.25, -0.2) is 4.79 Å². The Labute approximate surface area is 85.7 Å². The molecule has 0 saturated carbocycles. The number of nitrogens with zero attached hydrogens (tertiary/aromatic N) is 1. The van der Waals surface area contributed by atoms with E-state index in [0.29, 0.717) is 6.04 Å². The third-order valence-electron chi connectivity index (χ3n) is 2.60. The lowest BCUT2D eigenvalue weighted by molar-refractivity contribution is -0.134. The van der Waals surface area contributed by atoms with Crippen molar-refractivity contribution >= 4 is 5.97 Å². The summed E-state index contributed by atoms with van der Waals surface area (Å²) >= 11 is 0. The molecule has 1 fully saturated rings. The van der Waals surface area contributed by atoms with Gasteiger partial charge in [0.15, 0.2) is 0 Å². The number of carbonyl (C=O) groups is 1. The van der Waals surface area contributed by atoms with Crippen LogP contribution in [-0.4, -0.2) is 37.1 Å². The number of piperidine rings is 1. The molecule has 1 saturated heterocycles. The van der Waals surface area contributed by atoms with Gasteiger partial charge in [0.25, 0.3) is 0 Å². The number of ether oxygens (including phenoxy) is 1. The molecule has 0 bridgehead atoms. The van der Waals surface area contributed by atoms with Gasteiger partial charge in [0.1, 0.15) is 0 Å². The molecule has 3 nitrogen and oxygen atoms in total. The summed E-state index contributed by atoms with van der Waals surface area (Å²) in [4.78, 5) is 13.4. The van der Waals surface area contributed by atoms with Crippen LogP contribution in [0.2, 0.25) is 0 Å². The first kappa shape index (κ1) is 11.2. The normalized spacial score (nSPS) is 21.6. The molecule has 80 valence electrons. The van der Waals surface area contributed by atoms with Crippen LogP contribution in [0.15, 0.2) is 11.6 Å². The van der Waals surface area contributed by atoms with Crippen molar-refractivity contribution < 1.29 is 9.53 Å². The molecule has 0 N–H and O–H groups in total. The number of methoxy groups -OCH3 is 1. The Morgan fingerprint density at radius 2 is 2.29 bits per heavy atom. The predicted molar refractivity (Wildman–Crippen MR) is 56.0 cm³/mol. The van der Waals surface area contributed by atoms with Crippen molar-refractivity contribution in [2.75, 3.05) is 20.2 Å². The number of esters is 1. The second-order valence-corrected chi connectivity index (χ2v) is 3.99. The molecule has 14 heavy (non-hydrogen) atoms. The molecule has 3 heteroatoms. The number of hydrogen-bond acceptors (Lipinski definition) is 3. The van der Waals surface area contributed by atoms with E-state index >= 15 is 0 Å². The first-order chi connectivity index (χ1) is 6.63. The van der Waals surface area contributed by atoms with Gasteiger partial charge >= 0.3 is 5.97 Å². The highest BCUT2D eigenvalue weighted by Crippen LogP contribution is 2.17. The van der Waals surface area contributed by atoms with Gasteiger partial charge < -0.3 is 4.74 Å². The maximum atomic E-state index is 11.0. The van der Waals surface area contributed by atoms with Gasteiger partial charge in [-0.1, -0.05) is 0 Å². The first-order valence-electron chi connectivity index (χ1n) is 5.15. The second kappa shape index (κ2) is 5.15. The summed E-state index contributed by atoms with van der Waals surface area (Å²) in [5.74, 6) is -0.231. The fraction of sp³-hybridized carbons (Fsp3) is 0.727. The average molecular weight is 197 g/mol. The van der Waals surface area contributed by atoms with Crippen LogP contribution in [0.5, 0.6) is 0 Å². The molecule has 0 amide bonds. The summed E-state index contributed by atoms with van der Waals surface area (Å²) in [5.41, 5.74) is 1.19. The monoisotopic (exact) mass is 197 g/mol. The summed E-state index contributed by atoms with van der Waals surface area (Å²) in [7, 11) is 1.42. The van der Waals surface area contributed by atoms with E-state index in [1.54, 1.807) is 6.08 Å². The van der Waals surface area contributed by atoms with Crippen LogP contribution in [0.3, 0.4) is 0 Å². The molecule has 0 radical (unpaired) electrons. The van der Waals surface area contributed by atoms with Gasteiger partial charge in [0.05, 0.1) is 7.11 Å². The van der Waals surface area contributed by atoms with Crippen molar-refractivity contribution in [3.05, 3.63) is 11.6 Å². The van der Waals surface area contributed by atoms with Gasteiger partial charge in [-0.15, -0.1) is 0 Å². The highest BCUT2D eigenvalue weighted by atomic mass is 16.5. The lowest BCUT2D eigenvalue weighted by atomic mass is 10.0. The average Bonchev–Trinajstić information content (AvgIpc) is 2.18. The maximum Gasteiger partial charge on any atom is 0.330 e. The van der Waals surface area contributed by atoms with Crippen molar-refractivity contribution in [2.24, 2.45) is 0 Å². The van der Waals surface area contributed by atoms with Crippen LogP contribution in [0.4, 0.5) is 0 Å². The minimum atomic E-state index is -0.231. The highest BCUT2D eigenvalue weighted by Gasteiger charge is 2.17. The molecule has 0 aromatic rings. The Morgan fingerprint density at radius 1 is 1.57 bits per heavy atom. The summed E-state index contributed by atoms with van der Waals surface area (Å²) in [6, 6.07) is 0.552. The summed E-state index contributed by atoms with van der Waals surface area (Å²) in [6.07, 6.45) is 3.80.